The Balaban J connectivity index is 2.60. The molecule has 3 nitrogen and oxygen atoms in total. The second-order valence-corrected chi connectivity index (χ2v) is 2.90. The average Bonchev–Trinajstić information content (AvgIpc) is 2.47. The molecule has 0 bridgehead atoms. The third kappa shape index (κ3) is 2.77. The topological polar surface area (TPSA) is 27.1 Å². The molecule has 74 valence electrons. The van der Waals surface area contributed by atoms with E-state index in [2.05, 4.69) is 5.10 Å². The van der Waals surface area contributed by atoms with Crippen molar-refractivity contribution in [1.82, 2.24) is 9.78 Å². The molecule has 0 unspecified atom stereocenters. The highest BCUT2D eigenvalue weighted by molar-refractivity contribution is 4.98. The maximum absolute atomic E-state index is 12.2. The summed E-state index contributed by atoms with van der Waals surface area (Å²) in [7, 11) is 0. The van der Waals surface area contributed by atoms with E-state index >= 15 is 0 Å². The Kier molecular flexibility index (Phi) is 3.36. The van der Waals surface area contributed by atoms with Crippen LogP contribution in [0, 0.1) is 0 Å². The number of aromatic nitrogens is 2. The zero-order valence-electron chi connectivity index (χ0n) is 7.58. The minimum atomic E-state index is -2.60. The van der Waals surface area contributed by atoms with Crippen molar-refractivity contribution in [3.05, 3.63) is 18.0 Å². The highest BCUT2D eigenvalue weighted by Crippen LogP contribution is 2.13. The van der Waals surface area contributed by atoms with Crippen LogP contribution in [0.5, 0.6) is 0 Å². The molecule has 13 heavy (non-hydrogen) atoms. The van der Waals surface area contributed by atoms with Crippen molar-refractivity contribution in [2.24, 2.45) is 0 Å². The maximum Gasteiger partial charge on any atom is 0.333 e. The smallest absolute Gasteiger partial charge is 0.333 e. The first-order chi connectivity index (χ1) is 6.11. The molecule has 1 aromatic rings. The largest absolute Gasteiger partial charge is 0.373 e. The monoisotopic (exact) mass is 190 g/mol. The SMILES string of the molecule is CC(C)OCc1ccnn1C(F)F. The molecule has 1 heterocycles. The van der Waals surface area contributed by atoms with E-state index in [0.29, 0.717) is 10.4 Å². The lowest BCUT2D eigenvalue weighted by atomic mass is 10.4. The van der Waals surface area contributed by atoms with E-state index < -0.39 is 6.55 Å². The molecule has 1 rings (SSSR count). The van der Waals surface area contributed by atoms with Crippen molar-refractivity contribution >= 4 is 0 Å². The van der Waals surface area contributed by atoms with Crippen LogP contribution in [0.4, 0.5) is 8.78 Å². The Hall–Kier alpha value is -0.970. The van der Waals surface area contributed by atoms with Gasteiger partial charge in [0.1, 0.15) is 0 Å². The molecular formula is C8H12F2N2O. The van der Waals surface area contributed by atoms with Crippen molar-refractivity contribution in [3.8, 4) is 0 Å². The second-order valence-electron chi connectivity index (χ2n) is 2.90. The number of hydrogen-bond acceptors (Lipinski definition) is 2. The molecule has 1 aromatic heterocycles. The molecule has 5 heteroatoms. The molecule has 0 aliphatic heterocycles. The van der Waals surface area contributed by atoms with Gasteiger partial charge in [-0.3, -0.25) is 0 Å². The molecule has 0 saturated carbocycles. The van der Waals surface area contributed by atoms with Gasteiger partial charge in [-0.05, 0) is 19.9 Å². The number of rotatable bonds is 4. The predicted molar refractivity (Wildman–Crippen MR) is 43.4 cm³/mol. The zero-order chi connectivity index (χ0) is 9.84. The van der Waals surface area contributed by atoms with E-state index in [0.717, 1.165) is 0 Å². The Morgan fingerprint density at radius 2 is 2.23 bits per heavy atom. The van der Waals surface area contributed by atoms with Gasteiger partial charge < -0.3 is 4.74 Å². The lowest BCUT2D eigenvalue weighted by Gasteiger charge is -2.08. The third-order valence-corrected chi connectivity index (χ3v) is 1.50. The van der Waals surface area contributed by atoms with Gasteiger partial charge in [-0.2, -0.15) is 13.9 Å². The molecule has 0 N–H and O–H groups in total. The fourth-order valence-electron chi connectivity index (χ4n) is 0.884. The molecule has 0 aromatic carbocycles. The van der Waals surface area contributed by atoms with Gasteiger partial charge in [-0.1, -0.05) is 0 Å². The van der Waals surface area contributed by atoms with Gasteiger partial charge in [0.2, 0.25) is 0 Å². The highest BCUT2D eigenvalue weighted by Gasteiger charge is 2.11. The van der Waals surface area contributed by atoms with Crippen LogP contribution < -0.4 is 0 Å². The Morgan fingerprint density at radius 3 is 2.77 bits per heavy atom. The first-order valence-electron chi connectivity index (χ1n) is 4.03. The van der Waals surface area contributed by atoms with E-state index in [1.165, 1.54) is 12.3 Å². The standard InChI is InChI=1S/C8H12F2N2O/c1-6(2)13-5-7-3-4-11-12(7)8(9)10/h3-4,6,8H,5H2,1-2H3. The van der Waals surface area contributed by atoms with Crippen molar-refractivity contribution in [2.75, 3.05) is 0 Å². The van der Waals surface area contributed by atoms with Crippen LogP contribution in [-0.2, 0) is 11.3 Å². The van der Waals surface area contributed by atoms with Gasteiger partial charge in [0.25, 0.3) is 0 Å². The summed E-state index contributed by atoms with van der Waals surface area (Å²) in [6.07, 6.45) is 1.37. The van der Waals surface area contributed by atoms with Gasteiger partial charge in [0.05, 0.1) is 18.4 Å². The highest BCUT2D eigenvalue weighted by atomic mass is 19.3. The minimum absolute atomic E-state index is 0.0287. The molecule has 0 amide bonds. The molecule has 0 atom stereocenters. The van der Waals surface area contributed by atoms with Crippen molar-refractivity contribution in [3.63, 3.8) is 0 Å². The quantitative estimate of drug-likeness (QED) is 0.727. The molecule has 0 aliphatic rings. The maximum atomic E-state index is 12.2. The minimum Gasteiger partial charge on any atom is -0.373 e. The van der Waals surface area contributed by atoms with E-state index in [4.69, 9.17) is 4.74 Å². The lowest BCUT2D eigenvalue weighted by Crippen LogP contribution is -2.09. The van der Waals surface area contributed by atoms with Gasteiger partial charge in [0.15, 0.2) is 0 Å². The van der Waals surface area contributed by atoms with E-state index in [-0.39, 0.29) is 12.7 Å². The zero-order valence-corrected chi connectivity index (χ0v) is 7.58. The fraction of sp³-hybridized carbons (Fsp3) is 0.625. The normalized spacial score (nSPS) is 11.5. The van der Waals surface area contributed by atoms with Crippen molar-refractivity contribution < 1.29 is 13.5 Å². The fourth-order valence-corrected chi connectivity index (χ4v) is 0.884. The van der Waals surface area contributed by atoms with Crippen LogP contribution in [0.25, 0.3) is 0 Å². The van der Waals surface area contributed by atoms with Crippen LogP contribution in [0.1, 0.15) is 26.1 Å². The number of halogens is 2. The van der Waals surface area contributed by atoms with Gasteiger partial charge in [-0.25, -0.2) is 4.68 Å². The predicted octanol–water partition coefficient (Wildman–Crippen LogP) is 2.20. The number of ether oxygens (including phenoxy) is 1. The summed E-state index contributed by atoms with van der Waals surface area (Å²) in [5.41, 5.74) is 0.392. The van der Waals surface area contributed by atoms with Crippen LogP contribution in [0.2, 0.25) is 0 Å². The van der Waals surface area contributed by atoms with E-state index in [1.807, 2.05) is 13.8 Å². The van der Waals surface area contributed by atoms with Gasteiger partial charge >= 0.3 is 6.55 Å². The van der Waals surface area contributed by atoms with Crippen molar-refractivity contribution in [2.45, 2.75) is 33.1 Å². The van der Waals surface area contributed by atoms with E-state index in [1.54, 1.807) is 0 Å². The van der Waals surface area contributed by atoms with Gasteiger partial charge in [-0.15, -0.1) is 0 Å². The lowest BCUT2D eigenvalue weighted by molar-refractivity contribution is 0.0282. The summed E-state index contributed by atoms with van der Waals surface area (Å²) in [4.78, 5) is 0. The summed E-state index contributed by atoms with van der Waals surface area (Å²) in [5.74, 6) is 0. The van der Waals surface area contributed by atoms with Gasteiger partial charge in [0, 0.05) is 6.20 Å². The van der Waals surface area contributed by atoms with Crippen LogP contribution in [-0.4, -0.2) is 15.9 Å². The summed E-state index contributed by atoms with van der Waals surface area (Å²) in [6.45, 7) is 1.27. The number of hydrogen-bond donors (Lipinski definition) is 0. The number of alkyl halides is 2. The molecule has 0 radical (unpaired) electrons. The van der Waals surface area contributed by atoms with Crippen LogP contribution in [0.3, 0.4) is 0 Å². The molecule has 0 aliphatic carbocycles. The first-order valence-corrected chi connectivity index (χ1v) is 4.03. The van der Waals surface area contributed by atoms with Crippen LogP contribution in [0.15, 0.2) is 12.3 Å². The molecule has 0 fully saturated rings. The van der Waals surface area contributed by atoms with Crippen molar-refractivity contribution in [1.29, 1.82) is 0 Å². The Bertz CT molecular complexity index is 260. The Labute approximate surface area is 75.3 Å². The summed E-state index contributed by atoms with van der Waals surface area (Å²) < 4.78 is 30.3. The summed E-state index contributed by atoms with van der Waals surface area (Å²) >= 11 is 0. The van der Waals surface area contributed by atoms with E-state index in [9.17, 15) is 8.78 Å². The van der Waals surface area contributed by atoms with Crippen LogP contribution >= 0.6 is 0 Å². The number of nitrogens with zero attached hydrogens (tertiary/aromatic N) is 2. The average molecular weight is 190 g/mol. The first kappa shape index (κ1) is 10.1. The second kappa shape index (κ2) is 4.32. The Morgan fingerprint density at radius 1 is 1.54 bits per heavy atom. The molecule has 0 spiro atoms. The summed E-state index contributed by atoms with van der Waals surface area (Å²) in [5, 5.41) is 3.48. The summed E-state index contributed by atoms with van der Waals surface area (Å²) in [6, 6.07) is 1.52. The molecular weight excluding hydrogens is 178 g/mol. The molecule has 0 saturated heterocycles. The third-order valence-electron chi connectivity index (χ3n) is 1.50.